The third kappa shape index (κ3) is 6.54. The van der Waals surface area contributed by atoms with E-state index in [0.717, 1.165) is 31.5 Å². The Morgan fingerprint density at radius 3 is 2.20 bits per heavy atom. The van der Waals surface area contributed by atoms with Gasteiger partial charge in [0.05, 0.1) is 10.0 Å². The molecule has 5 nitrogen and oxygen atoms in total. The summed E-state index contributed by atoms with van der Waals surface area (Å²) >= 11 is 11.9. The van der Waals surface area contributed by atoms with E-state index in [-0.39, 0.29) is 11.8 Å². The quantitative estimate of drug-likeness (QED) is 0.620. The van der Waals surface area contributed by atoms with Crippen LogP contribution in [0, 0.1) is 5.92 Å². The molecule has 0 radical (unpaired) electrons. The number of phenols is 1. The summed E-state index contributed by atoms with van der Waals surface area (Å²) in [4.78, 5) is 8.90. The molecule has 1 saturated heterocycles. The van der Waals surface area contributed by atoms with Gasteiger partial charge in [0.15, 0.2) is 0 Å². The molecule has 0 spiro atoms. The first-order valence-electron chi connectivity index (χ1n) is 7.44. The van der Waals surface area contributed by atoms with Crippen LogP contribution in [0.1, 0.15) is 24.4 Å². The van der Waals surface area contributed by atoms with Crippen LogP contribution in [-0.2, 0) is 4.79 Å². The number of piperidine rings is 1. The van der Waals surface area contributed by atoms with E-state index in [0.29, 0.717) is 16.0 Å². The number of aliphatic carboxylic acids is 1. The number of hydrogen-bond donors (Lipinski definition) is 4. The number of benzene rings is 1. The van der Waals surface area contributed by atoms with E-state index in [1.807, 2.05) is 7.05 Å². The fourth-order valence-electron chi connectivity index (χ4n) is 2.62. The average molecular weight is 403 g/mol. The summed E-state index contributed by atoms with van der Waals surface area (Å²) in [6.45, 7) is 2.04. The average Bonchev–Trinajstić information content (AvgIpc) is 2.53. The molecule has 2 rings (SSSR count). The van der Waals surface area contributed by atoms with Crippen LogP contribution in [0.2, 0.25) is 10.0 Å². The van der Waals surface area contributed by atoms with Gasteiger partial charge in [-0.25, -0.2) is 4.79 Å². The number of carboxylic acid groups (broad SMARTS) is 1. The Balaban J connectivity index is 0.000000381. The highest BCUT2D eigenvalue weighted by Crippen LogP contribution is 2.38. The molecule has 142 valence electrons. The molecule has 1 aromatic carbocycles. The monoisotopic (exact) mass is 402 g/mol. The maximum Gasteiger partial charge on any atom is 0.490 e. The Bertz CT molecular complexity index is 594. The summed E-state index contributed by atoms with van der Waals surface area (Å²) in [5.74, 6) is -2.05. The minimum absolute atomic E-state index is 0.113. The van der Waals surface area contributed by atoms with Crippen LogP contribution in [0.15, 0.2) is 12.1 Å². The number of alkyl halides is 3. The van der Waals surface area contributed by atoms with Crippen molar-refractivity contribution < 1.29 is 28.2 Å². The van der Waals surface area contributed by atoms with Crippen molar-refractivity contribution in [1.29, 1.82) is 0 Å². The van der Waals surface area contributed by atoms with E-state index < -0.39 is 12.1 Å². The van der Waals surface area contributed by atoms with Gasteiger partial charge in [0.25, 0.3) is 0 Å². The number of phenolic OH excluding ortho intramolecular Hbond substituents is 1. The van der Waals surface area contributed by atoms with Gasteiger partial charge in [0, 0.05) is 17.7 Å². The van der Waals surface area contributed by atoms with Crippen molar-refractivity contribution in [3.8, 4) is 5.75 Å². The zero-order chi connectivity index (χ0) is 19.2. The van der Waals surface area contributed by atoms with Crippen LogP contribution in [0.3, 0.4) is 0 Å². The second kappa shape index (κ2) is 9.47. The van der Waals surface area contributed by atoms with Crippen LogP contribution in [-0.4, -0.2) is 42.5 Å². The number of rotatable bonds is 3. The normalized spacial score (nSPS) is 16.7. The topological polar surface area (TPSA) is 81.6 Å². The lowest BCUT2D eigenvalue weighted by molar-refractivity contribution is -0.192. The van der Waals surface area contributed by atoms with E-state index in [1.165, 1.54) is 6.07 Å². The van der Waals surface area contributed by atoms with Crippen molar-refractivity contribution >= 4 is 29.2 Å². The first-order chi connectivity index (χ1) is 11.6. The lowest BCUT2D eigenvalue weighted by atomic mass is 9.85. The van der Waals surface area contributed by atoms with Crippen molar-refractivity contribution in [1.82, 2.24) is 10.6 Å². The first kappa shape index (κ1) is 21.8. The van der Waals surface area contributed by atoms with E-state index in [9.17, 15) is 18.3 Å². The third-order valence-electron chi connectivity index (χ3n) is 3.81. The molecule has 4 N–H and O–H groups in total. The van der Waals surface area contributed by atoms with Gasteiger partial charge in [0.2, 0.25) is 0 Å². The van der Waals surface area contributed by atoms with E-state index in [1.54, 1.807) is 6.07 Å². The molecular weight excluding hydrogens is 384 g/mol. The molecule has 1 aliphatic heterocycles. The molecule has 10 heteroatoms. The minimum atomic E-state index is -5.08. The van der Waals surface area contributed by atoms with Gasteiger partial charge in [-0.2, -0.15) is 13.2 Å². The van der Waals surface area contributed by atoms with Crippen LogP contribution in [0.4, 0.5) is 13.2 Å². The summed E-state index contributed by atoms with van der Waals surface area (Å²) in [5.41, 5.74) is 0.832. The maximum absolute atomic E-state index is 10.6. The fourth-order valence-corrected chi connectivity index (χ4v) is 2.95. The van der Waals surface area contributed by atoms with Gasteiger partial charge in [-0.15, -0.1) is 0 Å². The number of hydrogen-bond acceptors (Lipinski definition) is 4. The zero-order valence-electron chi connectivity index (χ0n) is 13.3. The molecule has 0 aromatic heterocycles. The summed E-state index contributed by atoms with van der Waals surface area (Å²) in [6.07, 6.45) is -2.91. The van der Waals surface area contributed by atoms with E-state index in [2.05, 4.69) is 10.6 Å². The highest BCUT2D eigenvalue weighted by Gasteiger charge is 2.38. The molecule has 1 heterocycles. The van der Waals surface area contributed by atoms with Gasteiger partial charge in [-0.05, 0) is 45.0 Å². The van der Waals surface area contributed by atoms with Crippen molar-refractivity contribution in [3.05, 3.63) is 27.7 Å². The molecule has 1 aliphatic rings. The van der Waals surface area contributed by atoms with Crippen LogP contribution in [0.5, 0.6) is 5.75 Å². The standard InChI is InChI=1S/C13H18Cl2N2O.C2HF3O2/c1-16-13(8-2-4-17-5-3-8)9-6-10(14)11(15)7-12(9)18;3-2(4,5)1(6)7/h6-8,13,16-18H,2-5H2,1H3;(H,6,7). The minimum Gasteiger partial charge on any atom is -0.508 e. The molecule has 1 unspecified atom stereocenters. The number of halogens is 5. The zero-order valence-corrected chi connectivity index (χ0v) is 14.8. The van der Waals surface area contributed by atoms with Gasteiger partial charge >= 0.3 is 12.1 Å². The molecular formula is C15H19Cl2F3N2O3. The number of aromatic hydroxyl groups is 1. The largest absolute Gasteiger partial charge is 0.508 e. The van der Waals surface area contributed by atoms with Crippen molar-refractivity contribution in [2.75, 3.05) is 20.1 Å². The summed E-state index contributed by atoms with van der Waals surface area (Å²) in [6, 6.07) is 3.40. The van der Waals surface area contributed by atoms with Crippen LogP contribution >= 0.6 is 23.2 Å². The van der Waals surface area contributed by atoms with Crippen molar-refractivity contribution in [3.63, 3.8) is 0 Å². The van der Waals surface area contributed by atoms with Gasteiger partial charge in [0.1, 0.15) is 5.75 Å². The lowest BCUT2D eigenvalue weighted by Gasteiger charge is -2.31. The highest BCUT2D eigenvalue weighted by molar-refractivity contribution is 6.42. The van der Waals surface area contributed by atoms with Crippen molar-refractivity contribution in [2.24, 2.45) is 5.92 Å². The Labute approximate surface area is 153 Å². The molecule has 1 fully saturated rings. The van der Waals surface area contributed by atoms with Crippen molar-refractivity contribution in [2.45, 2.75) is 25.1 Å². The predicted octanol–water partition coefficient (Wildman–Crippen LogP) is 3.59. The Hall–Kier alpha value is -1.22. The number of carbonyl (C=O) groups is 1. The highest BCUT2D eigenvalue weighted by atomic mass is 35.5. The van der Waals surface area contributed by atoms with Crippen LogP contribution < -0.4 is 10.6 Å². The fraction of sp³-hybridized carbons (Fsp3) is 0.533. The predicted molar refractivity (Wildman–Crippen MR) is 89.2 cm³/mol. The van der Waals surface area contributed by atoms with Crippen LogP contribution in [0.25, 0.3) is 0 Å². The molecule has 25 heavy (non-hydrogen) atoms. The Morgan fingerprint density at radius 1 is 1.28 bits per heavy atom. The molecule has 1 atom stereocenters. The van der Waals surface area contributed by atoms with E-state index in [4.69, 9.17) is 33.1 Å². The number of carboxylic acids is 1. The molecule has 0 saturated carbocycles. The SMILES string of the molecule is CNC(c1cc(Cl)c(Cl)cc1O)C1CCNCC1.O=C(O)C(F)(F)F. The Morgan fingerprint density at radius 2 is 1.76 bits per heavy atom. The Kier molecular flexibility index (Phi) is 8.27. The number of nitrogens with one attached hydrogen (secondary N) is 2. The summed E-state index contributed by atoms with van der Waals surface area (Å²) in [7, 11) is 1.91. The maximum atomic E-state index is 10.6. The molecule has 0 aliphatic carbocycles. The molecule has 0 amide bonds. The second-order valence-electron chi connectivity index (χ2n) is 5.48. The molecule has 1 aromatic rings. The third-order valence-corrected chi connectivity index (χ3v) is 4.54. The first-order valence-corrected chi connectivity index (χ1v) is 8.19. The van der Waals surface area contributed by atoms with E-state index >= 15 is 0 Å². The summed E-state index contributed by atoms with van der Waals surface area (Å²) in [5, 5.41) is 24.7. The van der Waals surface area contributed by atoms with Gasteiger partial charge < -0.3 is 20.8 Å². The lowest BCUT2D eigenvalue weighted by Crippen LogP contribution is -2.35. The summed E-state index contributed by atoms with van der Waals surface area (Å²) < 4.78 is 31.7. The second-order valence-corrected chi connectivity index (χ2v) is 6.30. The van der Waals surface area contributed by atoms with Gasteiger partial charge in [-0.3, -0.25) is 0 Å². The van der Waals surface area contributed by atoms with Gasteiger partial charge in [-0.1, -0.05) is 23.2 Å². The molecule has 0 bridgehead atoms. The smallest absolute Gasteiger partial charge is 0.490 e.